The molecule has 11 nitrogen and oxygen atoms in total. The van der Waals surface area contributed by atoms with Gasteiger partial charge in [-0.2, -0.15) is 0 Å². The maximum atomic E-state index is 14.1. The van der Waals surface area contributed by atoms with Gasteiger partial charge in [0.05, 0.1) is 31.9 Å². The number of morpholine rings is 1. The van der Waals surface area contributed by atoms with Gasteiger partial charge in [-0.15, -0.1) is 0 Å². The molecule has 3 aliphatic heterocycles. The second-order valence-electron chi connectivity index (χ2n) is 11.9. The third-order valence-corrected chi connectivity index (χ3v) is 8.82. The molecule has 0 bridgehead atoms. The van der Waals surface area contributed by atoms with E-state index in [1.807, 2.05) is 13.8 Å². The summed E-state index contributed by atoms with van der Waals surface area (Å²) in [6.07, 6.45) is 0.868. The fraction of sp³-hybridized carbons (Fsp3) is 0.581. The first-order valence-electron chi connectivity index (χ1n) is 15.1. The van der Waals surface area contributed by atoms with Crippen LogP contribution >= 0.6 is 0 Å². The molecule has 2 amide bonds. The minimum absolute atomic E-state index is 0.107. The molecule has 2 aromatic rings. The van der Waals surface area contributed by atoms with Crippen LogP contribution in [0.15, 0.2) is 36.5 Å². The van der Waals surface area contributed by atoms with Crippen LogP contribution in [0.2, 0.25) is 0 Å². The van der Waals surface area contributed by atoms with Crippen molar-refractivity contribution in [3.8, 4) is 5.88 Å². The summed E-state index contributed by atoms with van der Waals surface area (Å²) in [6.45, 7) is 9.72. The smallest absolute Gasteiger partial charge is 0.407 e. The van der Waals surface area contributed by atoms with Crippen molar-refractivity contribution in [3.63, 3.8) is 0 Å². The van der Waals surface area contributed by atoms with E-state index >= 15 is 0 Å². The average Bonchev–Trinajstić information content (AvgIpc) is 2.99. The van der Waals surface area contributed by atoms with Gasteiger partial charge >= 0.3 is 6.09 Å². The zero-order valence-corrected chi connectivity index (χ0v) is 25.1. The molecule has 12 heteroatoms. The number of halogens is 1. The molecule has 5 rings (SSSR count). The lowest BCUT2D eigenvalue weighted by Gasteiger charge is -2.47. The molecule has 1 aromatic heterocycles. The van der Waals surface area contributed by atoms with E-state index in [2.05, 4.69) is 21.7 Å². The van der Waals surface area contributed by atoms with Crippen molar-refractivity contribution < 1.29 is 33.7 Å². The van der Waals surface area contributed by atoms with E-state index in [0.717, 1.165) is 18.5 Å². The first-order chi connectivity index (χ1) is 20.6. The first-order valence-corrected chi connectivity index (χ1v) is 15.1. The molecule has 0 saturated carbocycles. The van der Waals surface area contributed by atoms with Gasteiger partial charge < -0.3 is 29.5 Å². The molecule has 0 spiro atoms. The van der Waals surface area contributed by atoms with Crippen molar-refractivity contribution in [2.45, 2.75) is 63.9 Å². The molecule has 2 fully saturated rings. The lowest BCUT2D eigenvalue weighted by Crippen LogP contribution is -2.64. The maximum Gasteiger partial charge on any atom is 0.407 e. The van der Waals surface area contributed by atoms with Crippen molar-refractivity contribution in [1.29, 1.82) is 0 Å². The summed E-state index contributed by atoms with van der Waals surface area (Å²) >= 11 is 0. The minimum atomic E-state index is -0.953. The Morgan fingerprint density at radius 2 is 1.86 bits per heavy atom. The number of hydrogen-bond donors (Lipinski definition) is 2. The van der Waals surface area contributed by atoms with Gasteiger partial charge in [0.15, 0.2) is 0 Å². The van der Waals surface area contributed by atoms with Crippen molar-refractivity contribution >= 4 is 17.7 Å². The van der Waals surface area contributed by atoms with Gasteiger partial charge in [-0.3, -0.25) is 14.6 Å². The summed E-state index contributed by atoms with van der Waals surface area (Å²) in [5.41, 5.74) is 1.79. The predicted molar refractivity (Wildman–Crippen MR) is 158 cm³/mol. The van der Waals surface area contributed by atoms with E-state index in [1.54, 1.807) is 29.3 Å². The fourth-order valence-electron chi connectivity index (χ4n) is 6.34. The molecule has 2 saturated heterocycles. The van der Waals surface area contributed by atoms with Crippen LogP contribution in [-0.4, -0.2) is 119 Å². The van der Waals surface area contributed by atoms with E-state index in [9.17, 15) is 24.2 Å². The number of rotatable bonds is 8. The lowest BCUT2D eigenvalue weighted by molar-refractivity contribution is -0.122. The Labute approximate surface area is 251 Å². The maximum absolute atomic E-state index is 14.1. The number of aliphatic hydroxyl groups is 1. The molecule has 1 unspecified atom stereocenters. The number of carbonyl (C=O) groups is 2. The summed E-state index contributed by atoms with van der Waals surface area (Å²) in [5, 5.41) is 20.8. The zero-order valence-electron chi connectivity index (χ0n) is 25.1. The second kappa shape index (κ2) is 13.5. The molecule has 1 aromatic carbocycles. The minimum Gasteiger partial charge on any atom is -0.474 e. The third-order valence-electron chi connectivity index (χ3n) is 8.82. The quantitative estimate of drug-likeness (QED) is 0.472. The molecule has 4 heterocycles. The van der Waals surface area contributed by atoms with Crippen LogP contribution in [0.1, 0.15) is 44.4 Å². The molecule has 5 atom stereocenters. The van der Waals surface area contributed by atoms with E-state index in [-0.39, 0.29) is 55.5 Å². The van der Waals surface area contributed by atoms with Crippen molar-refractivity contribution in [1.82, 2.24) is 19.7 Å². The van der Waals surface area contributed by atoms with E-state index in [4.69, 9.17) is 9.47 Å². The van der Waals surface area contributed by atoms with Gasteiger partial charge in [0.1, 0.15) is 18.1 Å². The number of benzene rings is 1. The van der Waals surface area contributed by atoms with Crippen LogP contribution in [0, 0.1) is 5.82 Å². The Morgan fingerprint density at radius 1 is 1.09 bits per heavy atom. The standard InChI is InChI=1S/C31H42FN5O6/c1-4-25-19-42-10-9-34(25)15-26-16-36(31(40)41)20(2)14-35(26)17-29(39)37-21(3)18-43-30-27(37)12-23(13-33-30)28(38)11-22-5-7-24(32)8-6-22/h5-8,12-13,20-21,25-26,28,38H,4,9-11,14-19H2,1-3H3,(H,40,41)/t20-,21+,25-,26+,28?/m1/s1. The molecule has 2 N–H and O–H groups in total. The van der Waals surface area contributed by atoms with Crippen molar-refractivity contribution in [3.05, 3.63) is 53.5 Å². The normalized spacial score (nSPS) is 25.6. The summed E-state index contributed by atoms with van der Waals surface area (Å²) in [7, 11) is 0. The average molecular weight is 600 g/mol. The largest absolute Gasteiger partial charge is 0.474 e. The Kier molecular flexibility index (Phi) is 9.80. The summed E-state index contributed by atoms with van der Waals surface area (Å²) in [4.78, 5) is 38.1. The third kappa shape index (κ3) is 7.09. The molecule has 234 valence electrons. The van der Waals surface area contributed by atoms with Gasteiger partial charge in [0, 0.05) is 62.5 Å². The monoisotopic (exact) mass is 599 g/mol. The Hall–Kier alpha value is -3.32. The highest BCUT2D eigenvalue weighted by Gasteiger charge is 2.39. The van der Waals surface area contributed by atoms with E-state index in [1.165, 1.54) is 17.0 Å². The Balaban J connectivity index is 1.36. The van der Waals surface area contributed by atoms with Gasteiger partial charge in [-0.1, -0.05) is 19.1 Å². The fourth-order valence-corrected chi connectivity index (χ4v) is 6.34. The molecular weight excluding hydrogens is 557 g/mol. The lowest BCUT2D eigenvalue weighted by atomic mass is 10.0. The number of anilines is 1. The van der Waals surface area contributed by atoms with Crippen molar-refractivity contribution in [2.24, 2.45) is 0 Å². The predicted octanol–water partition coefficient (Wildman–Crippen LogP) is 2.77. The summed E-state index contributed by atoms with van der Waals surface area (Å²) < 4.78 is 24.9. The number of pyridine rings is 1. The molecule has 3 aliphatic rings. The number of nitrogens with zero attached hydrogens (tertiary/aromatic N) is 5. The van der Waals surface area contributed by atoms with Crippen LogP contribution in [0.5, 0.6) is 5.88 Å². The van der Waals surface area contributed by atoms with E-state index in [0.29, 0.717) is 50.0 Å². The molecule has 0 radical (unpaired) electrons. The van der Waals surface area contributed by atoms with Gasteiger partial charge in [-0.25, -0.2) is 14.2 Å². The highest BCUT2D eigenvalue weighted by Crippen LogP contribution is 2.35. The molecule has 0 aliphatic carbocycles. The summed E-state index contributed by atoms with van der Waals surface area (Å²) in [6, 6.07) is 7.26. The summed E-state index contributed by atoms with van der Waals surface area (Å²) in [5.74, 6) is -0.159. The van der Waals surface area contributed by atoms with Gasteiger partial charge in [0.2, 0.25) is 11.8 Å². The molecule has 43 heavy (non-hydrogen) atoms. The van der Waals surface area contributed by atoms with Gasteiger partial charge in [-0.05, 0) is 44.0 Å². The highest BCUT2D eigenvalue weighted by atomic mass is 19.1. The topological polar surface area (TPSA) is 119 Å². The van der Waals surface area contributed by atoms with Crippen LogP contribution in [0.25, 0.3) is 0 Å². The number of fused-ring (bicyclic) bond motifs is 1. The van der Waals surface area contributed by atoms with Gasteiger partial charge in [0.25, 0.3) is 0 Å². The number of aliphatic hydroxyl groups excluding tert-OH is 1. The number of carboxylic acid groups (broad SMARTS) is 1. The Morgan fingerprint density at radius 3 is 2.58 bits per heavy atom. The molecular formula is C31H42FN5O6. The van der Waals surface area contributed by atoms with Crippen LogP contribution in [-0.2, 0) is 16.0 Å². The van der Waals surface area contributed by atoms with Crippen LogP contribution in [0.4, 0.5) is 14.9 Å². The number of hydrogen-bond acceptors (Lipinski definition) is 8. The highest BCUT2D eigenvalue weighted by molar-refractivity contribution is 5.97. The number of ether oxygens (including phenoxy) is 2. The Bertz CT molecular complexity index is 1280. The first kappa shape index (κ1) is 31.1. The van der Waals surface area contributed by atoms with Crippen LogP contribution in [0.3, 0.4) is 0 Å². The SMILES string of the molecule is CC[C@@H]1COCCN1C[C@H]1CN(C(=O)O)[C@H](C)CN1CC(=O)N1c2cc(C(O)Cc3ccc(F)cc3)cnc2OC[C@@H]1C. The zero-order chi connectivity index (χ0) is 30.7. The number of carbonyl (C=O) groups excluding carboxylic acids is 1. The number of piperazine rings is 1. The van der Waals surface area contributed by atoms with Crippen LogP contribution < -0.4 is 9.64 Å². The number of aromatic nitrogens is 1. The second-order valence-corrected chi connectivity index (χ2v) is 11.9. The van der Waals surface area contributed by atoms with E-state index < -0.39 is 12.2 Å². The van der Waals surface area contributed by atoms with Crippen molar-refractivity contribution in [2.75, 3.05) is 57.4 Å². The number of amides is 2.